The Labute approximate surface area is 74.8 Å². The molecule has 1 heterocycles. The summed E-state index contributed by atoms with van der Waals surface area (Å²) in [6.07, 6.45) is 2.96. The van der Waals surface area contributed by atoms with E-state index in [1.165, 1.54) is 18.5 Å². The van der Waals surface area contributed by atoms with Crippen LogP contribution >= 0.6 is 0 Å². The van der Waals surface area contributed by atoms with Crippen molar-refractivity contribution in [2.24, 2.45) is 5.73 Å². The van der Waals surface area contributed by atoms with Crippen LogP contribution in [0.1, 0.15) is 12.0 Å². The van der Waals surface area contributed by atoms with Gasteiger partial charge in [-0.3, -0.25) is 9.59 Å². The summed E-state index contributed by atoms with van der Waals surface area (Å²) in [7, 11) is 0. The van der Waals surface area contributed by atoms with E-state index in [1.807, 2.05) is 0 Å². The van der Waals surface area contributed by atoms with Crippen molar-refractivity contribution in [2.75, 3.05) is 0 Å². The average molecular weight is 176 g/mol. The van der Waals surface area contributed by atoms with E-state index in [0.717, 1.165) is 0 Å². The predicted molar refractivity (Wildman–Crippen MR) is 47.8 cm³/mol. The standard InChI is InChI=1S/C9H8N2O2/c10-9(13)3-1-2-7-6-11-5-4-8(7)12/h4-6H,3H2,(H2,10,13)(H,11,12). The molecule has 4 nitrogen and oxygen atoms in total. The van der Waals surface area contributed by atoms with Gasteiger partial charge in [-0.2, -0.15) is 0 Å². The Hall–Kier alpha value is -2.02. The first kappa shape index (κ1) is 9.07. The van der Waals surface area contributed by atoms with Gasteiger partial charge in [-0.15, -0.1) is 0 Å². The van der Waals surface area contributed by atoms with E-state index >= 15 is 0 Å². The second-order valence-electron chi connectivity index (χ2n) is 2.37. The Kier molecular flexibility index (Phi) is 2.87. The highest BCUT2D eigenvalue weighted by atomic mass is 16.1. The molecular weight excluding hydrogens is 168 g/mol. The van der Waals surface area contributed by atoms with Crippen LogP contribution in [-0.2, 0) is 4.79 Å². The van der Waals surface area contributed by atoms with Crippen LogP contribution in [0.5, 0.6) is 0 Å². The Bertz CT molecular complexity index is 423. The third-order valence-corrected chi connectivity index (χ3v) is 1.31. The maximum absolute atomic E-state index is 11.1. The summed E-state index contributed by atoms with van der Waals surface area (Å²) >= 11 is 0. The van der Waals surface area contributed by atoms with Gasteiger partial charge in [-0.1, -0.05) is 11.8 Å². The van der Waals surface area contributed by atoms with Crippen molar-refractivity contribution in [1.29, 1.82) is 0 Å². The summed E-state index contributed by atoms with van der Waals surface area (Å²) in [5.74, 6) is 4.55. The van der Waals surface area contributed by atoms with Crippen molar-refractivity contribution >= 4 is 5.91 Å². The summed E-state index contributed by atoms with van der Waals surface area (Å²) < 4.78 is 0. The van der Waals surface area contributed by atoms with Crippen molar-refractivity contribution in [3.63, 3.8) is 0 Å². The number of H-pyrrole nitrogens is 1. The van der Waals surface area contributed by atoms with E-state index in [1.54, 1.807) is 0 Å². The molecule has 1 aromatic heterocycles. The summed E-state index contributed by atoms with van der Waals surface area (Å²) in [5, 5.41) is 0. The quantitative estimate of drug-likeness (QED) is 0.571. The number of hydrogen-bond donors (Lipinski definition) is 2. The maximum Gasteiger partial charge on any atom is 0.229 e. The molecule has 0 atom stereocenters. The van der Waals surface area contributed by atoms with Gasteiger partial charge in [-0.25, -0.2) is 0 Å². The van der Waals surface area contributed by atoms with Crippen LogP contribution in [0.15, 0.2) is 23.3 Å². The minimum absolute atomic E-state index is 0.0334. The van der Waals surface area contributed by atoms with Gasteiger partial charge in [0.2, 0.25) is 5.91 Å². The number of aromatic nitrogens is 1. The summed E-state index contributed by atoms with van der Waals surface area (Å²) in [6, 6.07) is 1.37. The molecule has 0 aliphatic heterocycles. The lowest BCUT2D eigenvalue weighted by molar-refractivity contribution is -0.117. The monoisotopic (exact) mass is 176 g/mol. The number of nitrogens with one attached hydrogen (secondary N) is 1. The van der Waals surface area contributed by atoms with Crippen LogP contribution < -0.4 is 11.2 Å². The van der Waals surface area contributed by atoms with Crippen LogP contribution in [0.3, 0.4) is 0 Å². The maximum atomic E-state index is 11.1. The molecule has 0 radical (unpaired) electrons. The van der Waals surface area contributed by atoms with E-state index in [-0.39, 0.29) is 11.8 Å². The van der Waals surface area contributed by atoms with E-state index in [4.69, 9.17) is 5.73 Å². The van der Waals surface area contributed by atoms with E-state index in [2.05, 4.69) is 16.8 Å². The van der Waals surface area contributed by atoms with Crippen molar-refractivity contribution < 1.29 is 4.79 Å². The fourth-order valence-corrected chi connectivity index (χ4v) is 0.740. The molecule has 0 aliphatic carbocycles. The Morgan fingerprint density at radius 3 is 3.00 bits per heavy atom. The minimum atomic E-state index is -0.500. The third-order valence-electron chi connectivity index (χ3n) is 1.31. The van der Waals surface area contributed by atoms with Crippen LogP contribution in [-0.4, -0.2) is 10.9 Å². The lowest BCUT2D eigenvalue weighted by Gasteiger charge is -1.85. The number of pyridine rings is 1. The molecule has 13 heavy (non-hydrogen) atoms. The van der Waals surface area contributed by atoms with Crippen LogP contribution in [0.25, 0.3) is 0 Å². The number of rotatable bonds is 1. The van der Waals surface area contributed by atoms with Crippen molar-refractivity contribution in [2.45, 2.75) is 6.42 Å². The number of nitrogens with two attached hydrogens (primary N) is 1. The number of primary amides is 1. The molecule has 0 bridgehead atoms. The second-order valence-corrected chi connectivity index (χ2v) is 2.37. The number of amides is 1. The summed E-state index contributed by atoms with van der Waals surface area (Å²) in [4.78, 5) is 24.1. The first-order valence-corrected chi connectivity index (χ1v) is 3.64. The number of carbonyl (C=O) groups is 1. The Morgan fingerprint density at radius 2 is 2.38 bits per heavy atom. The smallest absolute Gasteiger partial charge is 0.229 e. The molecule has 0 aliphatic rings. The second kappa shape index (κ2) is 4.12. The zero-order valence-electron chi connectivity index (χ0n) is 6.83. The molecule has 0 fully saturated rings. The van der Waals surface area contributed by atoms with Crippen molar-refractivity contribution in [3.05, 3.63) is 34.2 Å². The summed E-state index contributed by atoms with van der Waals surface area (Å²) in [5.41, 5.74) is 5.03. The van der Waals surface area contributed by atoms with Crippen molar-refractivity contribution in [1.82, 2.24) is 4.98 Å². The number of carbonyl (C=O) groups excluding carboxylic acids is 1. The first-order chi connectivity index (χ1) is 6.20. The van der Waals surface area contributed by atoms with Gasteiger partial charge >= 0.3 is 0 Å². The van der Waals surface area contributed by atoms with Crippen LogP contribution in [0.2, 0.25) is 0 Å². The highest BCUT2D eigenvalue weighted by molar-refractivity contribution is 5.76. The topological polar surface area (TPSA) is 76.0 Å². The fourth-order valence-electron chi connectivity index (χ4n) is 0.740. The first-order valence-electron chi connectivity index (χ1n) is 3.64. The predicted octanol–water partition coefficient (Wildman–Crippen LogP) is -0.398. The normalized spacial score (nSPS) is 8.62. The van der Waals surface area contributed by atoms with Crippen LogP contribution in [0.4, 0.5) is 0 Å². The van der Waals surface area contributed by atoms with E-state index < -0.39 is 5.91 Å². The minimum Gasteiger partial charge on any atom is -0.369 e. The van der Waals surface area contributed by atoms with Gasteiger partial charge in [0.05, 0.1) is 12.0 Å². The van der Waals surface area contributed by atoms with Gasteiger partial charge < -0.3 is 10.7 Å². The lowest BCUT2D eigenvalue weighted by atomic mass is 10.2. The molecule has 4 heteroatoms. The number of hydrogen-bond acceptors (Lipinski definition) is 2. The van der Waals surface area contributed by atoms with Gasteiger partial charge in [0.25, 0.3) is 0 Å². The zero-order chi connectivity index (χ0) is 9.68. The molecule has 0 spiro atoms. The van der Waals surface area contributed by atoms with E-state index in [0.29, 0.717) is 5.56 Å². The highest BCUT2D eigenvalue weighted by Crippen LogP contribution is 1.83. The van der Waals surface area contributed by atoms with E-state index in [9.17, 15) is 9.59 Å². The molecule has 66 valence electrons. The molecule has 0 unspecified atom stereocenters. The fraction of sp³-hybridized carbons (Fsp3) is 0.111. The van der Waals surface area contributed by atoms with Gasteiger partial charge in [0.1, 0.15) is 0 Å². The molecule has 1 rings (SSSR count). The van der Waals surface area contributed by atoms with Gasteiger partial charge in [0.15, 0.2) is 5.43 Å². The van der Waals surface area contributed by atoms with Gasteiger partial charge in [0, 0.05) is 18.5 Å². The molecule has 3 N–H and O–H groups in total. The Balaban J connectivity index is 2.84. The molecule has 0 saturated carbocycles. The molecule has 0 aromatic carbocycles. The largest absolute Gasteiger partial charge is 0.369 e. The van der Waals surface area contributed by atoms with Crippen LogP contribution in [0, 0.1) is 11.8 Å². The third kappa shape index (κ3) is 2.83. The lowest BCUT2D eigenvalue weighted by Crippen LogP contribution is -2.08. The average Bonchev–Trinajstić information content (AvgIpc) is 2.08. The number of aromatic amines is 1. The zero-order valence-corrected chi connectivity index (χ0v) is 6.83. The molecule has 1 amide bonds. The summed E-state index contributed by atoms with van der Waals surface area (Å²) in [6.45, 7) is 0. The molecule has 1 aromatic rings. The van der Waals surface area contributed by atoms with Crippen molar-refractivity contribution in [3.8, 4) is 11.8 Å². The molecular formula is C9H8N2O2. The SMILES string of the molecule is NC(=O)CC#Cc1c[nH]ccc1=O. The highest BCUT2D eigenvalue weighted by Gasteiger charge is 1.91. The molecule has 0 saturated heterocycles. The van der Waals surface area contributed by atoms with Gasteiger partial charge in [-0.05, 0) is 0 Å². The Morgan fingerprint density at radius 1 is 1.62 bits per heavy atom.